The maximum absolute atomic E-state index is 11.9. The van der Waals surface area contributed by atoms with Crippen LogP contribution in [0.25, 0.3) is 0 Å². The highest BCUT2D eigenvalue weighted by Gasteiger charge is 2.08. The Labute approximate surface area is 113 Å². The van der Waals surface area contributed by atoms with Crippen molar-refractivity contribution in [2.45, 2.75) is 19.9 Å². The molecule has 0 saturated carbocycles. The molecule has 0 fully saturated rings. The highest BCUT2D eigenvalue weighted by molar-refractivity contribution is 5.94. The van der Waals surface area contributed by atoms with Gasteiger partial charge in [0.15, 0.2) is 0 Å². The molecule has 2 aromatic carbocycles. The average molecular weight is 255 g/mol. The van der Waals surface area contributed by atoms with Gasteiger partial charge >= 0.3 is 0 Å². The van der Waals surface area contributed by atoms with Gasteiger partial charge in [-0.1, -0.05) is 24.3 Å². The molecule has 0 aliphatic heterocycles. The molecule has 0 atom stereocenters. The molecule has 98 valence electrons. The van der Waals surface area contributed by atoms with E-state index in [0.29, 0.717) is 11.3 Å². The van der Waals surface area contributed by atoms with Crippen molar-refractivity contribution in [3.8, 4) is 11.5 Å². The van der Waals surface area contributed by atoms with Gasteiger partial charge in [0.1, 0.15) is 11.5 Å². The summed E-state index contributed by atoms with van der Waals surface area (Å²) in [6.45, 7) is 3.87. The van der Waals surface area contributed by atoms with Gasteiger partial charge in [-0.3, -0.25) is 4.79 Å². The van der Waals surface area contributed by atoms with E-state index in [1.807, 2.05) is 56.3 Å². The van der Waals surface area contributed by atoms with E-state index in [9.17, 15) is 4.79 Å². The lowest BCUT2D eigenvalue weighted by molar-refractivity contribution is 0.0943. The van der Waals surface area contributed by atoms with Crippen LogP contribution in [0.2, 0.25) is 0 Å². The maximum atomic E-state index is 11.9. The lowest BCUT2D eigenvalue weighted by atomic mass is 10.2. The van der Waals surface area contributed by atoms with Gasteiger partial charge < -0.3 is 10.1 Å². The Balaban J connectivity index is 2.13. The monoisotopic (exact) mass is 255 g/mol. The van der Waals surface area contributed by atoms with E-state index in [-0.39, 0.29) is 11.9 Å². The number of hydrogen-bond donors (Lipinski definition) is 1. The second-order valence-corrected chi connectivity index (χ2v) is 4.57. The zero-order valence-corrected chi connectivity index (χ0v) is 11.1. The van der Waals surface area contributed by atoms with Crippen LogP contribution in [0.5, 0.6) is 11.5 Å². The molecular weight excluding hydrogens is 238 g/mol. The molecule has 1 N–H and O–H groups in total. The summed E-state index contributed by atoms with van der Waals surface area (Å²) in [5.74, 6) is 1.32. The van der Waals surface area contributed by atoms with Crippen molar-refractivity contribution in [3.63, 3.8) is 0 Å². The summed E-state index contributed by atoms with van der Waals surface area (Å²) in [4.78, 5) is 11.9. The number of benzene rings is 2. The van der Waals surface area contributed by atoms with E-state index < -0.39 is 0 Å². The predicted molar refractivity (Wildman–Crippen MR) is 75.6 cm³/mol. The van der Waals surface area contributed by atoms with Gasteiger partial charge in [-0.15, -0.1) is 0 Å². The van der Waals surface area contributed by atoms with Crippen LogP contribution in [0.15, 0.2) is 54.6 Å². The van der Waals surface area contributed by atoms with Gasteiger partial charge in [0.2, 0.25) is 0 Å². The number of carbonyl (C=O) groups excluding carboxylic acids is 1. The van der Waals surface area contributed by atoms with Crippen molar-refractivity contribution < 1.29 is 9.53 Å². The summed E-state index contributed by atoms with van der Waals surface area (Å²) in [5, 5.41) is 2.86. The van der Waals surface area contributed by atoms with E-state index >= 15 is 0 Å². The van der Waals surface area contributed by atoms with Crippen LogP contribution >= 0.6 is 0 Å². The second kappa shape index (κ2) is 6.05. The van der Waals surface area contributed by atoms with Crippen molar-refractivity contribution in [2.24, 2.45) is 0 Å². The van der Waals surface area contributed by atoms with Crippen LogP contribution in [0.3, 0.4) is 0 Å². The molecule has 2 aromatic rings. The summed E-state index contributed by atoms with van der Waals surface area (Å²) in [5.41, 5.74) is 0.599. The molecule has 0 radical (unpaired) electrons. The molecule has 1 amide bonds. The van der Waals surface area contributed by atoms with Gasteiger partial charge in [-0.25, -0.2) is 0 Å². The zero-order valence-electron chi connectivity index (χ0n) is 11.1. The standard InChI is InChI=1S/C16H17NO2/c1-12(2)17-16(18)13-7-6-10-15(11-13)19-14-8-4-3-5-9-14/h3-12H,1-2H3,(H,17,18). The number of amides is 1. The molecule has 3 nitrogen and oxygen atoms in total. The number of carbonyl (C=O) groups is 1. The highest BCUT2D eigenvalue weighted by Crippen LogP contribution is 2.21. The molecule has 0 saturated heterocycles. The van der Waals surface area contributed by atoms with Crippen molar-refractivity contribution in [1.82, 2.24) is 5.32 Å². The number of rotatable bonds is 4. The smallest absolute Gasteiger partial charge is 0.251 e. The van der Waals surface area contributed by atoms with Gasteiger partial charge in [0.05, 0.1) is 0 Å². The fraction of sp³-hybridized carbons (Fsp3) is 0.188. The van der Waals surface area contributed by atoms with Crippen LogP contribution in [0, 0.1) is 0 Å². The number of ether oxygens (including phenoxy) is 1. The summed E-state index contributed by atoms with van der Waals surface area (Å²) < 4.78 is 5.69. The topological polar surface area (TPSA) is 38.3 Å². The third kappa shape index (κ3) is 3.85. The average Bonchev–Trinajstić information content (AvgIpc) is 2.39. The largest absolute Gasteiger partial charge is 0.457 e. The molecule has 2 rings (SSSR count). The lowest BCUT2D eigenvalue weighted by Crippen LogP contribution is -2.29. The second-order valence-electron chi connectivity index (χ2n) is 4.57. The van der Waals surface area contributed by atoms with E-state index in [0.717, 1.165) is 5.75 Å². The molecule has 0 bridgehead atoms. The van der Waals surface area contributed by atoms with Crippen LogP contribution in [0.4, 0.5) is 0 Å². The van der Waals surface area contributed by atoms with Crippen molar-refractivity contribution in [1.29, 1.82) is 0 Å². The fourth-order valence-electron chi connectivity index (χ4n) is 1.67. The first-order valence-electron chi connectivity index (χ1n) is 6.29. The molecule has 0 spiro atoms. The summed E-state index contributed by atoms with van der Waals surface area (Å²) in [7, 11) is 0. The van der Waals surface area contributed by atoms with Gasteiger partial charge in [0.25, 0.3) is 5.91 Å². The van der Waals surface area contributed by atoms with Crippen molar-refractivity contribution >= 4 is 5.91 Å². The number of hydrogen-bond acceptors (Lipinski definition) is 2. The van der Waals surface area contributed by atoms with Crippen LogP contribution in [0.1, 0.15) is 24.2 Å². The first-order valence-corrected chi connectivity index (χ1v) is 6.29. The zero-order chi connectivity index (χ0) is 13.7. The lowest BCUT2D eigenvalue weighted by Gasteiger charge is -2.10. The third-order valence-electron chi connectivity index (χ3n) is 2.49. The molecule has 0 unspecified atom stereocenters. The Hall–Kier alpha value is -2.29. The van der Waals surface area contributed by atoms with Gasteiger partial charge in [-0.05, 0) is 44.2 Å². The molecule has 0 aromatic heterocycles. The molecular formula is C16H17NO2. The minimum Gasteiger partial charge on any atom is -0.457 e. The number of para-hydroxylation sites is 1. The molecule has 0 aliphatic rings. The Morgan fingerprint density at radius 2 is 1.68 bits per heavy atom. The molecule has 0 heterocycles. The van der Waals surface area contributed by atoms with Gasteiger partial charge in [0, 0.05) is 11.6 Å². The Morgan fingerprint density at radius 3 is 2.37 bits per heavy atom. The van der Waals surface area contributed by atoms with Crippen molar-refractivity contribution in [3.05, 3.63) is 60.2 Å². The summed E-state index contributed by atoms with van der Waals surface area (Å²) in [6.07, 6.45) is 0. The maximum Gasteiger partial charge on any atom is 0.251 e. The Morgan fingerprint density at radius 1 is 1.00 bits per heavy atom. The van der Waals surface area contributed by atoms with Crippen LogP contribution < -0.4 is 10.1 Å². The normalized spacial score (nSPS) is 10.3. The minimum atomic E-state index is -0.0893. The molecule has 3 heteroatoms. The first kappa shape index (κ1) is 13.1. The van der Waals surface area contributed by atoms with E-state index in [1.54, 1.807) is 12.1 Å². The fourth-order valence-corrected chi connectivity index (χ4v) is 1.67. The van der Waals surface area contributed by atoms with E-state index in [1.165, 1.54) is 0 Å². The highest BCUT2D eigenvalue weighted by atomic mass is 16.5. The first-order chi connectivity index (χ1) is 9.15. The van der Waals surface area contributed by atoms with E-state index in [4.69, 9.17) is 4.74 Å². The SMILES string of the molecule is CC(C)NC(=O)c1cccc(Oc2ccccc2)c1. The van der Waals surface area contributed by atoms with E-state index in [2.05, 4.69) is 5.32 Å². The Bertz CT molecular complexity index is 550. The molecule has 0 aliphatic carbocycles. The van der Waals surface area contributed by atoms with Crippen molar-refractivity contribution in [2.75, 3.05) is 0 Å². The minimum absolute atomic E-state index is 0.0893. The molecule has 19 heavy (non-hydrogen) atoms. The predicted octanol–water partition coefficient (Wildman–Crippen LogP) is 3.62. The third-order valence-corrected chi connectivity index (χ3v) is 2.49. The van der Waals surface area contributed by atoms with Gasteiger partial charge in [-0.2, -0.15) is 0 Å². The Kier molecular flexibility index (Phi) is 4.18. The quantitative estimate of drug-likeness (QED) is 0.906. The number of nitrogens with one attached hydrogen (secondary N) is 1. The van der Waals surface area contributed by atoms with Crippen LogP contribution in [-0.4, -0.2) is 11.9 Å². The summed E-state index contributed by atoms with van der Waals surface area (Å²) in [6, 6.07) is 16.8. The summed E-state index contributed by atoms with van der Waals surface area (Å²) >= 11 is 0. The van der Waals surface area contributed by atoms with Crippen LogP contribution in [-0.2, 0) is 0 Å².